The minimum absolute atomic E-state index is 0.208. The second-order valence-electron chi connectivity index (χ2n) is 5.70. The third-order valence-electron chi connectivity index (χ3n) is 3.76. The third kappa shape index (κ3) is 3.19. The zero-order chi connectivity index (χ0) is 17.3. The Hall–Kier alpha value is -2.60. The second kappa shape index (κ2) is 6.13. The Balaban J connectivity index is 1.90. The highest BCUT2D eigenvalue weighted by Crippen LogP contribution is 2.28. The van der Waals surface area contributed by atoms with Crippen LogP contribution in [0.2, 0.25) is 0 Å². The molecule has 0 aliphatic rings. The summed E-state index contributed by atoms with van der Waals surface area (Å²) in [5.41, 5.74) is 4.08. The van der Waals surface area contributed by atoms with Gasteiger partial charge in [-0.25, -0.2) is 8.42 Å². The zero-order valence-corrected chi connectivity index (χ0v) is 14.5. The minimum Gasteiger partial charge on any atom is -0.361 e. The molecule has 0 fully saturated rings. The van der Waals surface area contributed by atoms with Gasteiger partial charge in [0.1, 0.15) is 5.76 Å². The second-order valence-corrected chi connectivity index (χ2v) is 7.38. The lowest BCUT2D eigenvalue weighted by atomic mass is 10.0. The van der Waals surface area contributed by atoms with Crippen LogP contribution < -0.4 is 4.72 Å². The van der Waals surface area contributed by atoms with Gasteiger partial charge in [0.05, 0.1) is 10.6 Å². The van der Waals surface area contributed by atoms with Crippen molar-refractivity contribution in [3.63, 3.8) is 0 Å². The number of aryl methyl sites for hydroxylation is 3. The lowest BCUT2D eigenvalue weighted by Crippen LogP contribution is -2.12. The van der Waals surface area contributed by atoms with Crippen molar-refractivity contribution in [2.45, 2.75) is 25.7 Å². The van der Waals surface area contributed by atoms with Crippen molar-refractivity contribution in [2.75, 3.05) is 4.72 Å². The molecule has 0 spiro atoms. The maximum Gasteiger partial charge on any atom is 0.261 e. The van der Waals surface area contributed by atoms with E-state index in [9.17, 15) is 8.42 Å². The van der Waals surface area contributed by atoms with Gasteiger partial charge in [-0.15, -0.1) is 0 Å². The molecule has 0 unspecified atom stereocenters. The predicted molar refractivity (Wildman–Crippen MR) is 93.4 cm³/mol. The zero-order valence-electron chi connectivity index (χ0n) is 13.7. The molecule has 0 aliphatic carbocycles. The molecular formula is C18H18N2O3S. The molecule has 0 aliphatic heterocycles. The molecule has 3 aromatic rings. The Bertz CT molecular complexity index is 954. The largest absolute Gasteiger partial charge is 0.361 e. The topological polar surface area (TPSA) is 72.2 Å². The van der Waals surface area contributed by atoms with Crippen molar-refractivity contribution >= 4 is 15.7 Å². The maximum absolute atomic E-state index is 12.5. The van der Waals surface area contributed by atoms with Crippen LogP contribution in [0, 0.1) is 20.8 Å². The van der Waals surface area contributed by atoms with Crippen LogP contribution in [-0.2, 0) is 10.0 Å². The summed E-state index contributed by atoms with van der Waals surface area (Å²) in [7, 11) is -3.62. The molecular weight excluding hydrogens is 324 g/mol. The van der Waals surface area contributed by atoms with Crippen LogP contribution in [-0.4, -0.2) is 13.6 Å². The number of nitrogens with one attached hydrogen (secondary N) is 1. The molecule has 0 saturated heterocycles. The number of hydrogen-bond acceptors (Lipinski definition) is 4. The van der Waals surface area contributed by atoms with Crippen LogP contribution in [0.15, 0.2) is 57.9 Å². The van der Waals surface area contributed by atoms with E-state index < -0.39 is 10.0 Å². The molecule has 0 radical (unpaired) electrons. The molecule has 5 nitrogen and oxygen atoms in total. The van der Waals surface area contributed by atoms with E-state index in [1.165, 1.54) is 0 Å². The monoisotopic (exact) mass is 342 g/mol. The summed E-state index contributed by atoms with van der Waals surface area (Å²) in [5, 5.41) is 3.92. The first kappa shape index (κ1) is 16.3. The summed E-state index contributed by atoms with van der Waals surface area (Å²) >= 11 is 0. The van der Waals surface area contributed by atoms with E-state index in [2.05, 4.69) is 9.88 Å². The van der Waals surface area contributed by atoms with Crippen molar-refractivity contribution in [2.24, 2.45) is 0 Å². The van der Waals surface area contributed by atoms with Crippen molar-refractivity contribution in [3.05, 3.63) is 65.5 Å². The van der Waals surface area contributed by atoms with Gasteiger partial charge >= 0.3 is 0 Å². The molecule has 2 aromatic carbocycles. The van der Waals surface area contributed by atoms with Crippen LogP contribution in [0.4, 0.5) is 5.69 Å². The van der Waals surface area contributed by atoms with E-state index in [0.717, 1.165) is 22.4 Å². The minimum atomic E-state index is -3.62. The van der Waals surface area contributed by atoms with E-state index in [0.29, 0.717) is 11.4 Å². The molecule has 24 heavy (non-hydrogen) atoms. The molecule has 124 valence electrons. The van der Waals surface area contributed by atoms with E-state index in [-0.39, 0.29) is 4.90 Å². The Morgan fingerprint density at radius 1 is 1.00 bits per heavy atom. The van der Waals surface area contributed by atoms with Crippen LogP contribution in [0.25, 0.3) is 11.1 Å². The van der Waals surface area contributed by atoms with Gasteiger partial charge in [0.15, 0.2) is 0 Å². The van der Waals surface area contributed by atoms with Crippen molar-refractivity contribution in [3.8, 4) is 11.1 Å². The van der Waals surface area contributed by atoms with Gasteiger partial charge in [-0.05, 0) is 56.2 Å². The van der Waals surface area contributed by atoms with Crippen molar-refractivity contribution in [1.82, 2.24) is 5.16 Å². The summed E-state index contributed by atoms with van der Waals surface area (Å²) in [5.74, 6) is 0.709. The normalized spacial score (nSPS) is 11.5. The number of sulfonamides is 1. The number of rotatable bonds is 4. The highest BCUT2D eigenvalue weighted by molar-refractivity contribution is 7.92. The summed E-state index contributed by atoms with van der Waals surface area (Å²) in [4.78, 5) is 0.208. The number of aromatic nitrogens is 1. The smallest absolute Gasteiger partial charge is 0.261 e. The average Bonchev–Trinajstić information content (AvgIpc) is 2.86. The lowest BCUT2D eigenvalue weighted by molar-refractivity contribution is 0.393. The SMILES string of the molecule is Cc1cccc(NS(=O)(=O)c2ccc(-c3c(C)noc3C)cc2)c1. The Labute approximate surface area is 141 Å². The molecule has 3 rings (SSSR count). The van der Waals surface area contributed by atoms with Crippen molar-refractivity contribution in [1.29, 1.82) is 0 Å². The van der Waals surface area contributed by atoms with Crippen molar-refractivity contribution < 1.29 is 12.9 Å². The van der Waals surface area contributed by atoms with Gasteiger partial charge < -0.3 is 4.52 Å². The van der Waals surface area contributed by atoms with E-state index in [1.54, 1.807) is 36.4 Å². The van der Waals surface area contributed by atoms with Gasteiger partial charge in [-0.3, -0.25) is 4.72 Å². The Morgan fingerprint density at radius 2 is 1.71 bits per heavy atom. The fourth-order valence-electron chi connectivity index (χ4n) is 2.62. The van der Waals surface area contributed by atoms with Crippen LogP contribution in [0.5, 0.6) is 0 Å². The summed E-state index contributed by atoms with van der Waals surface area (Å²) in [6.45, 7) is 5.60. The van der Waals surface area contributed by atoms with E-state index >= 15 is 0 Å². The number of hydrogen-bond donors (Lipinski definition) is 1. The summed E-state index contributed by atoms with van der Waals surface area (Å²) < 4.78 is 32.8. The highest BCUT2D eigenvalue weighted by Gasteiger charge is 2.16. The molecule has 1 aromatic heterocycles. The van der Waals surface area contributed by atoms with Gasteiger partial charge in [0.2, 0.25) is 0 Å². The highest BCUT2D eigenvalue weighted by atomic mass is 32.2. The van der Waals surface area contributed by atoms with Gasteiger partial charge in [0.25, 0.3) is 10.0 Å². The predicted octanol–water partition coefficient (Wildman–Crippen LogP) is 4.07. The van der Waals surface area contributed by atoms with E-state index in [4.69, 9.17) is 4.52 Å². The third-order valence-corrected chi connectivity index (χ3v) is 5.15. The standard InChI is InChI=1S/C18H18N2O3S/c1-12-5-4-6-16(11-12)20-24(21,22)17-9-7-15(8-10-17)18-13(2)19-23-14(18)3/h4-11,20H,1-3H3. The van der Waals surface area contributed by atoms with Gasteiger partial charge in [-0.2, -0.15) is 0 Å². The fourth-order valence-corrected chi connectivity index (χ4v) is 3.67. The molecule has 6 heteroatoms. The first-order valence-corrected chi connectivity index (χ1v) is 8.98. The molecule has 1 N–H and O–H groups in total. The fraction of sp³-hybridized carbons (Fsp3) is 0.167. The average molecular weight is 342 g/mol. The molecule has 0 bridgehead atoms. The quantitative estimate of drug-likeness (QED) is 0.776. The lowest BCUT2D eigenvalue weighted by Gasteiger charge is -2.09. The van der Waals surface area contributed by atoms with Gasteiger partial charge in [-0.1, -0.05) is 29.4 Å². The number of benzene rings is 2. The molecule has 1 heterocycles. The number of anilines is 1. The maximum atomic E-state index is 12.5. The van der Waals surface area contributed by atoms with Gasteiger partial charge in [0, 0.05) is 11.3 Å². The number of nitrogens with zero attached hydrogens (tertiary/aromatic N) is 1. The van der Waals surface area contributed by atoms with E-state index in [1.807, 2.05) is 32.9 Å². The molecule has 0 saturated carbocycles. The van der Waals surface area contributed by atoms with Crippen LogP contribution in [0.3, 0.4) is 0 Å². The Morgan fingerprint density at radius 3 is 2.29 bits per heavy atom. The van der Waals surface area contributed by atoms with Crippen LogP contribution in [0.1, 0.15) is 17.0 Å². The summed E-state index contributed by atoms with van der Waals surface area (Å²) in [6.07, 6.45) is 0. The van der Waals surface area contributed by atoms with Crippen LogP contribution >= 0.6 is 0 Å². The Kier molecular flexibility index (Phi) is 4.15. The first-order valence-electron chi connectivity index (χ1n) is 7.49. The summed E-state index contributed by atoms with van der Waals surface area (Å²) in [6, 6.07) is 13.9. The molecule has 0 atom stereocenters. The molecule has 0 amide bonds. The first-order chi connectivity index (χ1) is 11.4.